The topological polar surface area (TPSA) is 92.4 Å². The molecule has 0 radical (unpaired) electrons. The smallest absolute Gasteiger partial charge is 0.325 e. The summed E-state index contributed by atoms with van der Waals surface area (Å²) < 4.78 is 0. The molecule has 0 aromatic carbocycles. The van der Waals surface area contributed by atoms with Gasteiger partial charge in [0.2, 0.25) is 5.91 Å². The second-order valence-corrected chi connectivity index (χ2v) is 4.93. The molecular formula is C12H22N2O3. The fourth-order valence-corrected chi connectivity index (χ4v) is 2.34. The predicted octanol–water partition coefficient (Wildman–Crippen LogP) is 0.875. The third-order valence-corrected chi connectivity index (χ3v) is 3.65. The molecule has 0 saturated heterocycles. The Bertz CT molecular complexity index is 283. The summed E-state index contributed by atoms with van der Waals surface area (Å²) in [5.74, 6) is -1.21. The Morgan fingerprint density at radius 3 is 2.24 bits per heavy atom. The summed E-state index contributed by atoms with van der Waals surface area (Å²) in [5, 5.41) is 11.3. The lowest BCUT2D eigenvalue weighted by atomic mass is 9.79. The zero-order valence-electron chi connectivity index (χ0n) is 10.4. The fraction of sp³-hybridized carbons (Fsp3) is 0.833. The maximum absolute atomic E-state index is 12.2. The number of nitrogens with one attached hydrogen (secondary N) is 1. The van der Waals surface area contributed by atoms with E-state index in [9.17, 15) is 9.59 Å². The molecule has 0 heterocycles. The van der Waals surface area contributed by atoms with E-state index in [1.165, 1.54) is 6.92 Å². The second kappa shape index (κ2) is 6.00. The van der Waals surface area contributed by atoms with Gasteiger partial charge in [0, 0.05) is 6.54 Å². The molecule has 1 fully saturated rings. The highest BCUT2D eigenvalue weighted by molar-refractivity contribution is 5.87. The monoisotopic (exact) mass is 242 g/mol. The quantitative estimate of drug-likeness (QED) is 0.638. The number of carboxylic acids is 1. The zero-order chi connectivity index (χ0) is 12.9. The molecule has 0 unspecified atom stereocenters. The minimum atomic E-state index is -1.01. The van der Waals surface area contributed by atoms with Gasteiger partial charge in [-0.2, -0.15) is 0 Å². The number of rotatable bonds is 4. The summed E-state index contributed by atoms with van der Waals surface area (Å²) >= 11 is 0. The first-order valence-electron chi connectivity index (χ1n) is 6.26. The van der Waals surface area contributed by atoms with E-state index in [4.69, 9.17) is 10.8 Å². The largest absolute Gasteiger partial charge is 0.480 e. The third kappa shape index (κ3) is 3.43. The van der Waals surface area contributed by atoms with Crippen molar-refractivity contribution in [3.63, 3.8) is 0 Å². The third-order valence-electron chi connectivity index (χ3n) is 3.65. The number of carbonyl (C=O) groups is 2. The van der Waals surface area contributed by atoms with Gasteiger partial charge >= 0.3 is 5.97 Å². The van der Waals surface area contributed by atoms with Crippen molar-refractivity contribution >= 4 is 11.9 Å². The normalized spacial score (nSPS) is 21.3. The number of carbonyl (C=O) groups excluding carboxylic acids is 1. The van der Waals surface area contributed by atoms with Gasteiger partial charge < -0.3 is 16.2 Å². The van der Waals surface area contributed by atoms with Crippen molar-refractivity contribution in [2.75, 3.05) is 6.54 Å². The van der Waals surface area contributed by atoms with Crippen LogP contribution in [0.5, 0.6) is 0 Å². The number of nitrogens with two attached hydrogens (primary N) is 1. The van der Waals surface area contributed by atoms with Crippen LogP contribution in [0.1, 0.15) is 45.4 Å². The number of amides is 1. The Balaban J connectivity index is 2.70. The van der Waals surface area contributed by atoms with Crippen LogP contribution in [0, 0.1) is 5.41 Å². The van der Waals surface area contributed by atoms with Crippen molar-refractivity contribution in [1.82, 2.24) is 5.32 Å². The first kappa shape index (κ1) is 14.0. The second-order valence-electron chi connectivity index (χ2n) is 4.93. The highest BCUT2D eigenvalue weighted by Gasteiger charge is 2.38. The SMILES string of the molecule is C[C@H](NC(=O)C1(CN)CCCCCC1)C(=O)O. The van der Waals surface area contributed by atoms with Crippen LogP contribution in [-0.2, 0) is 9.59 Å². The van der Waals surface area contributed by atoms with Crippen LogP contribution in [0.2, 0.25) is 0 Å². The molecule has 1 amide bonds. The Labute approximate surface area is 102 Å². The van der Waals surface area contributed by atoms with E-state index < -0.39 is 17.4 Å². The van der Waals surface area contributed by atoms with Gasteiger partial charge in [-0.05, 0) is 19.8 Å². The summed E-state index contributed by atoms with van der Waals surface area (Å²) in [6.07, 6.45) is 5.77. The lowest BCUT2D eigenvalue weighted by molar-refractivity contribution is -0.143. The molecule has 1 aliphatic rings. The Morgan fingerprint density at radius 1 is 1.29 bits per heavy atom. The lowest BCUT2D eigenvalue weighted by Gasteiger charge is -2.30. The van der Waals surface area contributed by atoms with Gasteiger partial charge in [0.05, 0.1) is 5.41 Å². The van der Waals surface area contributed by atoms with E-state index in [0.29, 0.717) is 6.54 Å². The van der Waals surface area contributed by atoms with Crippen molar-refractivity contribution in [2.45, 2.75) is 51.5 Å². The predicted molar refractivity (Wildman–Crippen MR) is 64.4 cm³/mol. The summed E-state index contributed by atoms with van der Waals surface area (Å²) in [5.41, 5.74) is 5.20. The number of aliphatic carboxylic acids is 1. The van der Waals surface area contributed by atoms with Gasteiger partial charge in [-0.3, -0.25) is 9.59 Å². The highest BCUT2D eigenvalue weighted by Crippen LogP contribution is 2.34. The standard InChI is InChI=1S/C12H22N2O3/c1-9(10(15)16)14-11(17)12(8-13)6-4-2-3-5-7-12/h9H,2-8,13H2,1H3,(H,14,17)(H,15,16)/t9-/m0/s1. The van der Waals surface area contributed by atoms with E-state index in [-0.39, 0.29) is 5.91 Å². The van der Waals surface area contributed by atoms with E-state index in [2.05, 4.69) is 5.32 Å². The van der Waals surface area contributed by atoms with Crippen molar-refractivity contribution in [3.05, 3.63) is 0 Å². The average Bonchev–Trinajstić information content (AvgIpc) is 2.54. The van der Waals surface area contributed by atoms with Crippen LogP contribution >= 0.6 is 0 Å². The maximum atomic E-state index is 12.2. The number of hydrogen-bond donors (Lipinski definition) is 3. The lowest BCUT2D eigenvalue weighted by Crippen LogP contribution is -2.50. The van der Waals surface area contributed by atoms with Crippen LogP contribution in [0.15, 0.2) is 0 Å². The highest BCUT2D eigenvalue weighted by atomic mass is 16.4. The molecule has 1 aliphatic carbocycles. The van der Waals surface area contributed by atoms with Gasteiger partial charge in [0.25, 0.3) is 0 Å². The summed E-state index contributed by atoms with van der Waals surface area (Å²) in [6, 6.07) is -0.853. The van der Waals surface area contributed by atoms with Gasteiger partial charge in [0.15, 0.2) is 0 Å². The Morgan fingerprint density at radius 2 is 1.82 bits per heavy atom. The van der Waals surface area contributed by atoms with E-state index >= 15 is 0 Å². The van der Waals surface area contributed by atoms with Crippen LogP contribution in [0.3, 0.4) is 0 Å². The minimum Gasteiger partial charge on any atom is -0.480 e. The van der Waals surface area contributed by atoms with Crippen molar-refractivity contribution in [2.24, 2.45) is 11.1 Å². The molecule has 4 N–H and O–H groups in total. The minimum absolute atomic E-state index is 0.197. The van der Waals surface area contributed by atoms with Gasteiger partial charge in [0.1, 0.15) is 6.04 Å². The van der Waals surface area contributed by atoms with Crippen LogP contribution in [0.25, 0.3) is 0 Å². The first-order chi connectivity index (χ1) is 8.02. The maximum Gasteiger partial charge on any atom is 0.325 e. The van der Waals surface area contributed by atoms with Crippen molar-refractivity contribution in [1.29, 1.82) is 0 Å². The van der Waals surface area contributed by atoms with Gasteiger partial charge in [-0.15, -0.1) is 0 Å². The number of hydrogen-bond acceptors (Lipinski definition) is 3. The van der Waals surface area contributed by atoms with Gasteiger partial charge in [-0.1, -0.05) is 25.7 Å². The molecule has 5 heteroatoms. The van der Waals surface area contributed by atoms with Gasteiger partial charge in [-0.25, -0.2) is 0 Å². The van der Waals surface area contributed by atoms with Crippen LogP contribution in [0.4, 0.5) is 0 Å². The molecule has 0 bridgehead atoms. The average molecular weight is 242 g/mol. The molecule has 1 saturated carbocycles. The Kier molecular flexibility index (Phi) is 4.93. The molecular weight excluding hydrogens is 220 g/mol. The van der Waals surface area contributed by atoms with E-state index in [0.717, 1.165) is 38.5 Å². The molecule has 98 valence electrons. The van der Waals surface area contributed by atoms with E-state index in [1.54, 1.807) is 0 Å². The Hall–Kier alpha value is -1.10. The fourth-order valence-electron chi connectivity index (χ4n) is 2.34. The van der Waals surface area contributed by atoms with Crippen molar-refractivity contribution < 1.29 is 14.7 Å². The zero-order valence-corrected chi connectivity index (χ0v) is 10.4. The number of carboxylic acid groups (broad SMARTS) is 1. The van der Waals surface area contributed by atoms with E-state index in [1.807, 2.05) is 0 Å². The molecule has 0 aromatic rings. The molecule has 0 spiro atoms. The first-order valence-corrected chi connectivity index (χ1v) is 6.26. The van der Waals surface area contributed by atoms with Crippen LogP contribution < -0.4 is 11.1 Å². The summed E-state index contributed by atoms with van der Waals surface area (Å²) in [6.45, 7) is 1.77. The molecule has 1 rings (SSSR count). The molecule has 0 aliphatic heterocycles. The molecule has 5 nitrogen and oxygen atoms in total. The summed E-state index contributed by atoms with van der Waals surface area (Å²) in [7, 11) is 0. The summed E-state index contributed by atoms with van der Waals surface area (Å²) in [4.78, 5) is 22.9. The molecule has 1 atom stereocenters. The van der Waals surface area contributed by atoms with Crippen molar-refractivity contribution in [3.8, 4) is 0 Å². The van der Waals surface area contributed by atoms with Crippen LogP contribution in [-0.4, -0.2) is 29.6 Å². The molecule has 0 aromatic heterocycles. The molecule has 17 heavy (non-hydrogen) atoms.